The molecule has 0 aliphatic heterocycles. The van der Waals surface area contributed by atoms with Crippen LogP contribution >= 0.6 is 11.6 Å². The number of aromatic nitrogens is 5. The fourth-order valence-electron chi connectivity index (χ4n) is 2.02. The van der Waals surface area contributed by atoms with Crippen LogP contribution in [-0.2, 0) is 13.1 Å². The Labute approximate surface area is 119 Å². The highest BCUT2D eigenvalue weighted by molar-refractivity contribution is 6.31. The summed E-state index contributed by atoms with van der Waals surface area (Å²) in [4.78, 5) is 16.2. The molecule has 0 aliphatic rings. The van der Waals surface area contributed by atoms with E-state index in [4.69, 9.17) is 11.6 Å². The van der Waals surface area contributed by atoms with Crippen molar-refractivity contribution in [1.29, 1.82) is 0 Å². The zero-order valence-electron chi connectivity index (χ0n) is 10.6. The summed E-state index contributed by atoms with van der Waals surface area (Å²) >= 11 is 5.91. The number of hydrogen-bond donors (Lipinski definition) is 0. The summed E-state index contributed by atoms with van der Waals surface area (Å²) in [5, 5.41) is 8.99. The lowest BCUT2D eigenvalue weighted by Gasteiger charge is -2.05. The largest absolute Gasteiger partial charge is 0.337 e. The second-order valence-corrected chi connectivity index (χ2v) is 4.87. The Hall–Kier alpha value is -2.21. The fourth-order valence-corrected chi connectivity index (χ4v) is 2.19. The van der Waals surface area contributed by atoms with Crippen molar-refractivity contribution in [2.75, 3.05) is 0 Å². The molecular weight excluding hydrogens is 278 g/mol. The predicted octanol–water partition coefficient (Wildman–Crippen LogP) is 1.73. The Morgan fingerprint density at radius 3 is 2.95 bits per heavy atom. The van der Waals surface area contributed by atoms with Gasteiger partial charge in [-0.2, -0.15) is 0 Å². The maximum Gasteiger partial charge on any atom is 0.277 e. The number of fused-ring (bicyclic) bond motifs is 1. The molecule has 6 nitrogen and oxygen atoms in total. The van der Waals surface area contributed by atoms with Gasteiger partial charge in [0.25, 0.3) is 5.56 Å². The lowest BCUT2D eigenvalue weighted by molar-refractivity contribution is 0.491. The van der Waals surface area contributed by atoms with Gasteiger partial charge in [-0.05, 0) is 24.6 Å². The highest BCUT2D eigenvalue weighted by Gasteiger charge is 2.06. The van der Waals surface area contributed by atoms with E-state index in [-0.39, 0.29) is 5.56 Å². The number of rotatable bonds is 4. The number of nitrogens with zero attached hydrogens (tertiary/aromatic N) is 5. The van der Waals surface area contributed by atoms with Gasteiger partial charge in [-0.15, -0.1) is 5.10 Å². The second-order valence-electron chi connectivity index (χ2n) is 4.43. The summed E-state index contributed by atoms with van der Waals surface area (Å²) in [6.45, 7) is 1.29. The number of benzene rings is 1. The Balaban J connectivity index is 1.81. The molecule has 0 amide bonds. The van der Waals surface area contributed by atoms with Crippen molar-refractivity contribution in [2.45, 2.75) is 19.5 Å². The van der Waals surface area contributed by atoms with E-state index in [1.165, 1.54) is 4.68 Å². The van der Waals surface area contributed by atoms with Gasteiger partial charge in [0.05, 0.1) is 11.7 Å². The molecule has 0 saturated carbocycles. The van der Waals surface area contributed by atoms with Gasteiger partial charge in [-0.1, -0.05) is 16.8 Å². The van der Waals surface area contributed by atoms with Crippen LogP contribution in [0, 0.1) is 0 Å². The molecule has 0 aliphatic carbocycles. The monoisotopic (exact) mass is 289 g/mol. The maximum atomic E-state index is 12.3. The predicted molar refractivity (Wildman–Crippen MR) is 75.7 cm³/mol. The van der Waals surface area contributed by atoms with Gasteiger partial charge in [0.1, 0.15) is 5.52 Å². The maximum absolute atomic E-state index is 12.3. The normalized spacial score (nSPS) is 11.1. The summed E-state index contributed by atoms with van der Waals surface area (Å²) < 4.78 is 3.33. The molecule has 3 aromatic rings. The molecule has 20 heavy (non-hydrogen) atoms. The van der Waals surface area contributed by atoms with Crippen LogP contribution in [0.3, 0.4) is 0 Å². The first kappa shape index (κ1) is 12.8. The van der Waals surface area contributed by atoms with Gasteiger partial charge in [-0.3, -0.25) is 4.79 Å². The van der Waals surface area contributed by atoms with Crippen LogP contribution < -0.4 is 5.56 Å². The molecule has 102 valence electrons. The number of hydrogen-bond acceptors (Lipinski definition) is 4. The summed E-state index contributed by atoms with van der Waals surface area (Å²) in [6.07, 6.45) is 6.13. The van der Waals surface area contributed by atoms with Gasteiger partial charge in [0.15, 0.2) is 0 Å². The van der Waals surface area contributed by atoms with E-state index in [0.717, 1.165) is 13.0 Å². The number of halogens is 1. The van der Waals surface area contributed by atoms with Gasteiger partial charge < -0.3 is 4.57 Å². The van der Waals surface area contributed by atoms with Crippen molar-refractivity contribution in [3.8, 4) is 0 Å². The average molecular weight is 290 g/mol. The molecule has 3 rings (SSSR count). The summed E-state index contributed by atoms with van der Waals surface area (Å²) in [5.74, 6) is 0. The highest BCUT2D eigenvalue weighted by atomic mass is 35.5. The standard InChI is InChI=1S/C13H12ClN5O/c14-10-2-3-12-11(8-10)13(20)19(17-16-12)6-1-5-18-7-4-15-9-18/h2-4,7-9H,1,5-6H2. The fraction of sp³-hybridized carbons (Fsp3) is 0.231. The van der Waals surface area contributed by atoms with Crippen LogP contribution in [0.5, 0.6) is 0 Å². The van der Waals surface area contributed by atoms with Crippen molar-refractivity contribution in [3.05, 3.63) is 52.3 Å². The highest BCUT2D eigenvalue weighted by Crippen LogP contribution is 2.13. The Morgan fingerprint density at radius 2 is 2.15 bits per heavy atom. The van der Waals surface area contributed by atoms with E-state index < -0.39 is 0 Å². The quantitative estimate of drug-likeness (QED) is 0.734. The molecule has 0 N–H and O–H groups in total. The van der Waals surface area contributed by atoms with Crippen LogP contribution in [0.4, 0.5) is 0 Å². The topological polar surface area (TPSA) is 65.6 Å². The summed E-state index contributed by atoms with van der Waals surface area (Å²) in [7, 11) is 0. The number of imidazole rings is 1. The molecule has 0 radical (unpaired) electrons. The first-order valence-electron chi connectivity index (χ1n) is 6.23. The molecule has 0 fully saturated rings. The minimum Gasteiger partial charge on any atom is -0.337 e. The average Bonchev–Trinajstić information content (AvgIpc) is 2.95. The van der Waals surface area contributed by atoms with Crippen molar-refractivity contribution in [2.24, 2.45) is 0 Å². The molecule has 1 aromatic carbocycles. The zero-order valence-corrected chi connectivity index (χ0v) is 11.4. The molecule has 2 heterocycles. The van der Waals surface area contributed by atoms with E-state index in [0.29, 0.717) is 22.5 Å². The summed E-state index contributed by atoms with van der Waals surface area (Å²) in [6, 6.07) is 5.02. The second kappa shape index (κ2) is 5.42. The molecule has 0 unspecified atom stereocenters. The lowest BCUT2D eigenvalue weighted by Crippen LogP contribution is -2.24. The van der Waals surface area contributed by atoms with Gasteiger partial charge >= 0.3 is 0 Å². The molecule has 7 heteroatoms. The minimum absolute atomic E-state index is 0.164. The van der Waals surface area contributed by atoms with E-state index in [9.17, 15) is 4.79 Å². The van der Waals surface area contributed by atoms with Crippen molar-refractivity contribution >= 4 is 22.5 Å². The van der Waals surface area contributed by atoms with Crippen molar-refractivity contribution < 1.29 is 0 Å². The van der Waals surface area contributed by atoms with Crippen molar-refractivity contribution in [1.82, 2.24) is 24.5 Å². The smallest absolute Gasteiger partial charge is 0.277 e. The third-order valence-corrected chi connectivity index (χ3v) is 3.26. The van der Waals surface area contributed by atoms with Gasteiger partial charge in [0, 0.05) is 30.5 Å². The minimum atomic E-state index is -0.164. The molecule has 0 saturated heterocycles. The molecule has 2 aromatic heterocycles. The van der Waals surface area contributed by atoms with Crippen LogP contribution in [0.1, 0.15) is 6.42 Å². The Bertz CT molecular complexity index is 781. The van der Waals surface area contributed by atoms with Gasteiger partial charge in [0.2, 0.25) is 0 Å². The first-order chi connectivity index (χ1) is 9.74. The van der Waals surface area contributed by atoms with E-state index in [1.54, 1.807) is 30.7 Å². The van der Waals surface area contributed by atoms with E-state index in [2.05, 4.69) is 15.3 Å². The van der Waals surface area contributed by atoms with E-state index >= 15 is 0 Å². The number of aryl methyl sites for hydroxylation is 2. The van der Waals surface area contributed by atoms with Crippen LogP contribution in [0.2, 0.25) is 5.02 Å². The SMILES string of the molecule is O=c1c2cc(Cl)ccc2nnn1CCCn1ccnc1. The zero-order chi connectivity index (χ0) is 13.9. The third-order valence-electron chi connectivity index (χ3n) is 3.03. The lowest BCUT2D eigenvalue weighted by atomic mass is 10.2. The van der Waals surface area contributed by atoms with Crippen LogP contribution in [0.15, 0.2) is 41.7 Å². The van der Waals surface area contributed by atoms with Gasteiger partial charge in [-0.25, -0.2) is 9.67 Å². The summed E-state index contributed by atoms with van der Waals surface area (Å²) in [5.41, 5.74) is 0.397. The van der Waals surface area contributed by atoms with Crippen LogP contribution in [-0.4, -0.2) is 24.5 Å². The molecule has 0 atom stereocenters. The Kier molecular flexibility index (Phi) is 3.47. The van der Waals surface area contributed by atoms with Crippen LogP contribution in [0.25, 0.3) is 10.9 Å². The molecule has 0 bridgehead atoms. The van der Waals surface area contributed by atoms with Crippen molar-refractivity contribution in [3.63, 3.8) is 0 Å². The molecule has 0 spiro atoms. The first-order valence-corrected chi connectivity index (χ1v) is 6.60. The molecular formula is C13H12ClN5O. The van der Waals surface area contributed by atoms with E-state index in [1.807, 2.05) is 10.8 Å². The third kappa shape index (κ3) is 2.55. The Morgan fingerprint density at radius 1 is 1.25 bits per heavy atom.